The molecular weight excluding hydrogens is 404 g/mol. The molecule has 1 aromatic carbocycles. The molecule has 0 aromatic heterocycles. The first-order valence-corrected chi connectivity index (χ1v) is 11.9. The number of allylic oxidation sites excluding steroid dienone is 1. The minimum absolute atomic E-state index is 0.00302. The molecule has 174 valence electrons. The van der Waals surface area contributed by atoms with Gasteiger partial charge in [-0.25, -0.2) is 0 Å². The van der Waals surface area contributed by atoms with E-state index in [0.29, 0.717) is 42.3 Å². The normalized spacial score (nSPS) is 24.3. The van der Waals surface area contributed by atoms with Gasteiger partial charge in [-0.2, -0.15) is 0 Å². The van der Waals surface area contributed by atoms with E-state index in [2.05, 4.69) is 25.2 Å². The number of hydrogen-bond acceptors (Lipinski definition) is 4. The van der Waals surface area contributed by atoms with E-state index in [1.165, 1.54) is 25.5 Å². The Morgan fingerprint density at radius 3 is 2.62 bits per heavy atom. The lowest BCUT2D eigenvalue weighted by Crippen LogP contribution is -2.48. The third kappa shape index (κ3) is 4.70. The van der Waals surface area contributed by atoms with Crippen molar-refractivity contribution in [3.05, 3.63) is 41.5 Å². The molecule has 6 heteroatoms. The number of fused-ring (bicyclic) bond motifs is 1. The highest BCUT2D eigenvalue weighted by Gasteiger charge is 2.50. The van der Waals surface area contributed by atoms with Crippen LogP contribution in [-0.2, 0) is 9.53 Å². The molecule has 4 aliphatic rings. The van der Waals surface area contributed by atoms with Gasteiger partial charge in [-0.1, -0.05) is 37.6 Å². The van der Waals surface area contributed by atoms with Crippen molar-refractivity contribution >= 4 is 11.8 Å². The lowest BCUT2D eigenvalue weighted by molar-refractivity contribution is -0.136. The zero-order valence-corrected chi connectivity index (χ0v) is 19.6. The molecule has 1 saturated carbocycles. The van der Waals surface area contributed by atoms with E-state index in [4.69, 9.17) is 9.47 Å². The Morgan fingerprint density at radius 2 is 1.94 bits per heavy atom. The summed E-state index contributed by atoms with van der Waals surface area (Å²) in [5, 5.41) is 3.10. The minimum Gasteiger partial charge on any atom is -0.489 e. The smallest absolute Gasteiger partial charge is 0.255 e. The van der Waals surface area contributed by atoms with Crippen molar-refractivity contribution in [1.29, 1.82) is 0 Å². The predicted octanol–water partition coefficient (Wildman–Crippen LogP) is 3.82. The summed E-state index contributed by atoms with van der Waals surface area (Å²) in [6.45, 7) is 6.82. The Bertz CT molecular complexity index is 870. The number of likely N-dealkylation sites (tertiary alicyclic amines) is 1. The van der Waals surface area contributed by atoms with Crippen LogP contribution in [0.5, 0.6) is 5.75 Å². The third-order valence-electron chi connectivity index (χ3n) is 7.77. The molecule has 1 heterocycles. The van der Waals surface area contributed by atoms with Gasteiger partial charge in [-0.3, -0.25) is 9.59 Å². The van der Waals surface area contributed by atoms with Crippen molar-refractivity contribution in [2.24, 2.45) is 17.3 Å². The van der Waals surface area contributed by atoms with E-state index in [9.17, 15) is 9.59 Å². The first kappa shape index (κ1) is 22.8. The van der Waals surface area contributed by atoms with E-state index in [-0.39, 0.29) is 24.5 Å². The Hall–Kier alpha value is -2.34. The number of hydrogen-bond donors (Lipinski definition) is 1. The van der Waals surface area contributed by atoms with Crippen LogP contribution in [0.25, 0.3) is 0 Å². The van der Waals surface area contributed by atoms with Gasteiger partial charge in [0.25, 0.3) is 5.91 Å². The molecule has 0 spiro atoms. The summed E-state index contributed by atoms with van der Waals surface area (Å²) in [5.41, 5.74) is 2.50. The molecule has 2 fully saturated rings. The van der Waals surface area contributed by atoms with Crippen molar-refractivity contribution in [3.63, 3.8) is 0 Å². The number of carbonyl (C=O) groups excluding carboxylic acids is 2. The van der Waals surface area contributed by atoms with Gasteiger partial charge in [0.2, 0.25) is 5.91 Å². The second-order valence-electron chi connectivity index (χ2n) is 9.95. The Kier molecular flexibility index (Phi) is 6.89. The molecule has 0 radical (unpaired) electrons. The highest BCUT2D eigenvalue weighted by Crippen LogP contribution is 2.59. The molecule has 6 nitrogen and oxygen atoms in total. The lowest BCUT2D eigenvalue weighted by Gasteiger charge is -2.56. The Morgan fingerprint density at radius 1 is 1.19 bits per heavy atom. The summed E-state index contributed by atoms with van der Waals surface area (Å²) in [6, 6.07) is 7.44. The standard InChI is InChI=1S/C26H36N2O4/c1-26(2)19-9-8-18(22(26)16-19)10-13-27-25(30)21-6-4-5-7-23(21)32-20-11-14-28(15-12-20)24(29)17-31-3/h4-8,19-20,22H,9-17H2,1-3H3,(H,27,30)/t19-,22-/m0/s1. The van der Waals surface area contributed by atoms with Crippen LogP contribution in [0.3, 0.4) is 0 Å². The maximum absolute atomic E-state index is 12.9. The van der Waals surface area contributed by atoms with Crippen LogP contribution in [0.15, 0.2) is 35.9 Å². The quantitative estimate of drug-likeness (QED) is 0.624. The molecule has 32 heavy (non-hydrogen) atoms. The first-order valence-electron chi connectivity index (χ1n) is 11.9. The van der Waals surface area contributed by atoms with Crippen molar-refractivity contribution in [2.75, 3.05) is 33.4 Å². The fourth-order valence-electron chi connectivity index (χ4n) is 5.55. The Labute approximate surface area is 191 Å². The van der Waals surface area contributed by atoms with Crippen molar-refractivity contribution < 1.29 is 19.1 Å². The first-order chi connectivity index (χ1) is 15.4. The fourth-order valence-corrected chi connectivity index (χ4v) is 5.55. The predicted molar refractivity (Wildman–Crippen MR) is 124 cm³/mol. The number of amides is 2. The zero-order valence-electron chi connectivity index (χ0n) is 19.6. The highest BCUT2D eigenvalue weighted by atomic mass is 16.5. The fraction of sp³-hybridized carbons (Fsp3) is 0.615. The number of piperidine rings is 1. The van der Waals surface area contributed by atoms with Gasteiger partial charge < -0.3 is 19.7 Å². The monoisotopic (exact) mass is 440 g/mol. The molecule has 0 unspecified atom stereocenters. The molecule has 3 aliphatic carbocycles. The number of methoxy groups -OCH3 is 1. The van der Waals surface area contributed by atoms with E-state index in [1.54, 1.807) is 0 Å². The van der Waals surface area contributed by atoms with Gasteiger partial charge in [0, 0.05) is 39.6 Å². The number of carbonyl (C=O) groups is 2. The second-order valence-corrected chi connectivity index (χ2v) is 9.95. The van der Waals surface area contributed by atoms with Crippen molar-refractivity contribution in [3.8, 4) is 5.75 Å². The van der Waals surface area contributed by atoms with Crippen LogP contribution in [0.1, 0.15) is 56.3 Å². The average Bonchev–Trinajstić information content (AvgIpc) is 2.80. The summed E-state index contributed by atoms with van der Waals surface area (Å²) in [5.74, 6) is 2.05. The summed E-state index contributed by atoms with van der Waals surface area (Å²) >= 11 is 0. The largest absolute Gasteiger partial charge is 0.489 e. The summed E-state index contributed by atoms with van der Waals surface area (Å²) in [7, 11) is 1.53. The van der Waals surface area contributed by atoms with Crippen LogP contribution in [0.4, 0.5) is 0 Å². The van der Waals surface area contributed by atoms with Crippen molar-refractivity contribution in [2.45, 2.75) is 52.1 Å². The minimum atomic E-state index is -0.0875. The number of benzene rings is 1. The number of rotatable bonds is 8. The molecule has 1 aliphatic heterocycles. The Balaban J connectivity index is 1.28. The molecule has 1 aromatic rings. The number of nitrogens with one attached hydrogen (secondary N) is 1. The van der Waals surface area contributed by atoms with E-state index in [0.717, 1.165) is 25.2 Å². The molecule has 2 amide bonds. The molecule has 2 atom stereocenters. The number of para-hydroxylation sites is 1. The van der Waals surface area contributed by atoms with Gasteiger partial charge >= 0.3 is 0 Å². The van der Waals surface area contributed by atoms with Gasteiger partial charge in [0.05, 0.1) is 5.56 Å². The van der Waals surface area contributed by atoms with E-state index in [1.807, 2.05) is 29.2 Å². The average molecular weight is 441 g/mol. The van der Waals surface area contributed by atoms with Crippen molar-refractivity contribution in [1.82, 2.24) is 10.2 Å². The lowest BCUT2D eigenvalue weighted by atomic mass is 9.48. The van der Waals surface area contributed by atoms with Crippen LogP contribution in [-0.4, -0.2) is 56.2 Å². The SMILES string of the molecule is COCC(=O)N1CCC(Oc2ccccc2C(=O)NCCC2=CC[C@H]3C[C@@H]2C3(C)C)CC1. The number of ether oxygens (including phenoxy) is 2. The topological polar surface area (TPSA) is 67.9 Å². The second kappa shape index (κ2) is 9.65. The van der Waals surface area contributed by atoms with Gasteiger partial charge in [-0.15, -0.1) is 0 Å². The summed E-state index contributed by atoms with van der Waals surface area (Å²) < 4.78 is 11.1. The van der Waals surface area contributed by atoms with Crippen LogP contribution >= 0.6 is 0 Å². The zero-order chi connectivity index (χ0) is 22.7. The molecular formula is C26H36N2O4. The molecule has 1 N–H and O–H groups in total. The maximum Gasteiger partial charge on any atom is 0.255 e. The van der Waals surface area contributed by atoms with Crippen LogP contribution in [0, 0.1) is 17.3 Å². The van der Waals surface area contributed by atoms with Gasteiger partial charge in [0.1, 0.15) is 18.5 Å². The molecule has 1 saturated heterocycles. The highest BCUT2D eigenvalue weighted by molar-refractivity contribution is 5.96. The van der Waals surface area contributed by atoms with Crippen LogP contribution in [0.2, 0.25) is 0 Å². The van der Waals surface area contributed by atoms with E-state index >= 15 is 0 Å². The summed E-state index contributed by atoms with van der Waals surface area (Å²) in [4.78, 5) is 26.7. The summed E-state index contributed by atoms with van der Waals surface area (Å²) in [6.07, 6.45) is 7.30. The number of nitrogens with zero attached hydrogens (tertiary/aromatic N) is 1. The van der Waals surface area contributed by atoms with Gasteiger partial charge in [0.15, 0.2) is 0 Å². The van der Waals surface area contributed by atoms with Gasteiger partial charge in [-0.05, 0) is 48.6 Å². The molecule has 5 rings (SSSR count). The molecule has 2 bridgehead atoms. The van der Waals surface area contributed by atoms with E-state index < -0.39 is 0 Å². The maximum atomic E-state index is 12.9. The third-order valence-corrected chi connectivity index (χ3v) is 7.77. The van der Waals surface area contributed by atoms with Crippen LogP contribution < -0.4 is 10.1 Å².